The van der Waals surface area contributed by atoms with Gasteiger partial charge >= 0.3 is 5.69 Å². The summed E-state index contributed by atoms with van der Waals surface area (Å²) in [6.45, 7) is 2.39. The second-order valence-electron chi connectivity index (χ2n) is 6.21. The fourth-order valence-corrected chi connectivity index (χ4v) is 2.69. The molecule has 0 aliphatic rings. The molecule has 1 heterocycles. The standard InChI is InChI=1S/C20H21N5O4/c1-13-4-6-14(7-5-13)11-21-19-18(25(26)27)20(23-12-22-19)24-16-9-8-15(28-2)10-17(16)29-3/h4-10,12H,11H2,1-3H3,(H2,21,22,23,24). The first-order valence-corrected chi connectivity index (χ1v) is 8.79. The molecule has 0 aliphatic carbocycles. The van der Waals surface area contributed by atoms with Crippen molar-refractivity contribution in [1.29, 1.82) is 0 Å². The lowest BCUT2D eigenvalue weighted by Gasteiger charge is -2.13. The number of rotatable bonds is 8. The van der Waals surface area contributed by atoms with E-state index in [1.165, 1.54) is 13.4 Å². The van der Waals surface area contributed by atoms with Crippen LogP contribution in [-0.2, 0) is 6.54 Å². The molecule has 29 heavy (non-hydrogen) atoms. The van der Waals surface area contributed by atoms with Gasteiger partial charge in [-0.1, -0.05) is 29.8 Å². The normalized spacial score (nSPS) is 10.3. The zero-order chi connectivity index (χ0) is 20.8. The van der Waals surface area contributed by atoms with Crippen molar-refractivity contribution in [3.05, 3.63) is 70.0 Å². The Balaban J connectivity index is 1.89. The van der Waals surface area contributed by atoms with Gasteiger partial charge in [0.25, 0.3) is 0 Å². The Bertz CT molecular complexity index is 1010. The van der Waals surface area contributed by atoms with Crippen LogP contribution in [0.2, 0.25) is 0 Å². The smallest absolute Gasteiger partial charge is 0.353 e. The molecule has 0 spiro atoms. The summed E-state index contributed by atoms with van der Waals surface area (Å²) in [6, 6.07) is 13.0. The van der Waals surface area contributed by atoms with Crippen LogP contribution in [0, 0.1) is 17.0 Å². The van der Waals surface area contributed by atoms with Gasteiger partial charge in [-0.15, -0.1) is 0 Å². The van der Waals surface area contributed by atoms with Crippen LogP contribution in [0.1, 0.15) is 11.1 Å². The number of nitrogens with one attached hydrogen (secondary N) is 2. The zero-order valence-electron chi connectivity index (χ0n) is 16.3. The van der Waals surface area contributed by atoms with Gasteiger partial charge in [0.05, 0.1) is 24.8 Å². The van der Waals surface area contributed by atoms with E-state index in [4.69, 9.17) is 9.47 Å². The molecule has 3 aromatic rings. The predicted octanol–water partition coefficient (Wildman–Crippen LogP) is 4.07. The molecule has 1 aromatic heterocycles. The van der Waals surface area contributed by atoms with Gasteiger partial charge in [0.15, 0.2) is 0 Å². The van der Waals surface area contributed by atoms with Gasteiger partial charge in [0, 0.05) is 12.6 Å². The maximum Gasteiger partial charge on any atom is 0.353 e. The Morgan fingerprint density at radius 3 is 2.41 bits per heavy atom. The van der Waals surface area contributed by atoms with E-state index in [1.54, 1.807) is 25.3 Å². The molecule has 3 rings (SSSR count). The van der Waals surface area contributed by atoms with Crippen LogP contribution in [0.5, 0.6) is 11.5 Å². The SMILES string of the molecule is COc1ccc(Nc2ncnc(NCc3ccc(C)cc3)c2[N+](=O)[O-])c(OC)c1. The maximum absolute atomic E-state index is 11.7. The van der Waals surface area contributed by atoms with Crippen LogP contribution < -0.4 is 20.1 Å². The van der Waals surface area contributed by atoms with Crippen LogP contribution in [-0.4, -0.2) is 29.1 Å². The number of hydrogen-bond donors (Lipinski definition) is 2. The summed E-state index contributed by atoms with van der Waals surface area (Å²) in [6.07, 6.45) is 1.27. The van der Waals surface area contributed by atoms with E-state index in [2.05, 4.69) is 20.6 Å². The molecule has 0 fully saturated rings. The van der Waals surface area contributed by atoms with Crippen molar-refractivity contribution >= 4 is 23.0 Å². The first kappa shape index (κ1) is 19.9. The summed E-state index contributed by atoms with van der Waals surface area (Å²) in [7, 11) is 3.05. The van der Waals surface area contributed by atoms with Crippen LogP contribution in [0.4, 0.5) is 23.0 Å². The number of anilines is 3. The number of aromatic nitrogens is 2. The first-order chi connectivity index (χ1) is 14.0. The number of benzene rings is 2. The number of ether oxygens (including phenoxy) is 2. The van der Waals surface area contributed by atoms with Crippen molar-refractivity contribution in [2.75, 3.05) is 24.9 Å². The average molecular weight is 395 g/mol. The fraction of sp³-hybridized carbons (Fsp3) is 0.200. The van der Waals surface area contributed by atoms with Crippen molar-refractivity contribution in [2.24, 2.45) is 0 Å². The quantitative estimate of drug-likeness (QED) is 0.434. The Hall–Kier alpha value is -3.88. The lowest BCUT2D eigenvalue weighted by atomic mass is 10.1. The molecule has 0 aliphatic heterocycles. The van der Waals surface area contributed by atoms with Crippen LogP contribution in [0.25, 0.3) is 0 Å². The summed E-state index contributed by atoms with van der Waals surface area (Å²) in [4.78, 5) is 19.3. The maximum atomic E-state index is 11.7. The molecule has 9 heteroatoms. The molecule has 2 aromatic carbocycles. The zero-order valence-corrected chi connectivity index (χ0v) is 16.3. The van der Waals surface area contributed by atoms with Gasteiger partial charge < -0.3 is 20.1 Å². The number of nitro groups is 1. The topological polar surface area (TPSA) is 111 Å². The largest absolute Gasteiger partial charge is 0.497 e. The third-order valence-electron chi connectivity index (χ3n) is 4.25. The molecule has 0 amide bonds. The van der Waals surface area contributed by atoms with Crippen molar-refractivity contribution in [3.63, 3.8) is 0 Å². The Labute approximate surface area is 167 Å². The fourth-order valence-electron chi connectivity index (χ4n) is 2.69. The lowest BCUT2D eigenvalue weighted by Crippen LogP contribution is -2.08. The Morgan fingerprint density at radius 2 is 1.76 bits per heavy atom. The number of aryl methyl sites for hydroxylation is 1. The van der Waals surface area contributed by atoms with E-state index in [0.717, 1.165) is 11.1 Å². The molecule has 0 radical (unpaired) electrons. The summed E-state index contributed by atoms with van der Waals surface area (Å²) in [5, 5.41) is 17.7. The number of methoxy groups -OCH3 is 2. The highest BCUT2D eigenvalue weighted by Gasteiger charge is 2.24. The summed E-state index contributed by atoms with van der Waals surface area (Å²) < 4.78 is 10.5. The number of hydrogen-bond acceptors (Lipinski definition) is 8. The molecule has 0 saturated heterocycles. The first-order valence-electron chi connectivity index (χ1n) is 8.79. The highest BCUT2D eigenvalue weighted by atomic mass is 16.6. The van der Waals surface area contributed by atoms with Crippen LogP contribution in [0.3, 0.4) is 0 Å². The highest BCUT2D eigenvalue weighted by Crippen LogP contribution is 2.36. The molecule has 0 atom stereocenters. The van der Waals surface area contributed by atoms with Gasteiger partial charge in [0.2, 0.25) is 11.6 Å². The second kappa shape index (κ2) is 8.87. The lowest BCUT2D eigenvalue weighted by molar-refractivity contribution is -0.383. The Morgan fingerprint density at radius 1 is 1.03 bits per heavy atom. The van der Waals surface area contributed by atoms with Crippen molar-refractivity contribution < 1.29 is 14.4 Å². The molecule has 150 valence electrons. The molecule has 0 unspecified atom stereocenters. The van der Waals surface area contributed by atoms with E-state index < -0.39 is 4.92 Å². The highest BCUT2D eigenvalue weighted by molar-refractivity contribution is 5.76. The molecule has 0 bridgehead atoms. The minimum absolute atomic E-state index is 0.0554. The predicted molar refractivity (Wildman–Crippen MR) is 110 cm³/mol. The summed E-state index contributed by atoms with van der Waals surface area (Å²) in [5.74, 6) is 1.25. The van der Waals surface area contributed by atoms with Crippen molar-refractivity contribution in [2.45, 2.75) is 13.5 Å². The third-order valence-corrected chi connectivity index (χ3v) is 4.25. The third kappa shape index (κ3) is 4.70. The van der Waals surface area contributed by atoms with Crippen molar-refractivity contribution in [1.82, 2.24) is 9.97 Å². The van der Waals surface area contributed by atoms with Gasteiger partial charge in [-0.25, -0.2) is 9.97 Å². The molecule has 0 saturated carbocycles. The minimum atomic E-state index is -0.518. The van der Waals surface area contributed by atoms with Crippen LogP contribution in [0.15, 0.2) is 48.8 Å². The van der Waals surface area contributed by atoms with Gasteiger partial charge in [-0.3, -0.25) is 10.1 Å². The van der Waals surface area contributed by atoms with E-state index in [9.17, 15) is 10.1 Å². The molecule has 2 N–H and O–H groups in total. The molecular weight excluding hydrogens is 374 g/mol. The van der Waals surface area contributed by atoms with E-state index in [-0.39, 0.29) is 17.3 Å². The summed E-state index contributed by atoms with van der Waals surface area (Å²) >= 11 is 0. The van der Waals surface area contributed by atoms with E-state index in [1.807, 2.05) is 31.2 Å². The minimum Gasteiger partial charge on any atom is -0.497 e. The summed E-state index contributed by atoms with van der Waals surface area (Å²) in [5.41, 5.74) is 2.38. The van der Waals surface area contributed by atoms with Crippen LogP contribution >= 0.6 is 0 Å². The monoisotopic (exact) mass is 395 g/mol. The van der Waals surface area contributed by atoms with Gasteiger partial charge in [-0.2, -0.15) is 0 Å². The second-order valence-corrected chi connectivity index (χ2v) is 6.21. The van der Waals surface area contributed by atoms with Gasteiger partial charge in [0.1, 0.15) is 17.8 Å². The average Bonchev–Trinajstić information content (AvgIpc) is 2.73. The number of nitrogens with zero attached hydrogens (tertiary/aromatic N) is 3. The molecular formula is C20H21N5O4. The Kier molecular flexibility index (Phi) is 6.08. The van der Waals surface area contributed by atoms with E-state index >= 15 is 0 Å². The van der Waals surface area contributed by atoms with Gasteiger partial charge in [-0.05, 0) is 24.6 Å². The van der Waals surface area contributed by atoms with E-state index in [0.29, 0.717) is 23.7 Å². The molecule has 9 nitrogen and oxygen atoms in total. The van der Waals surface area contributed by atoms with Crippen molar-refractivity contribution in [3.8, 4) is 11.5 Å².